The minimum absolute atomic E-state index is 0. The molecule has 63 heavy (non-hydrogen) atoms. The number of unbranched alkanes of at least 4 members (excludes halogenated alkanes) is 16. The van der Waals surface area contributed by atoms with E-state index in [1.165, 1.54) is 126 Å². The smallest absolute Gasteiger partial charge is 0.744 e. The van der Waals surface area contributed by atoms with Crippen LogP contribution in [-0.4, -0.2) is 63.7 Å². The van der Waals surface area contributed by atoms with Gasteiger partial charge in [0.2, 0.25) is 0 Å². The largest absolute Gasteiger partial charge is 2.00 e. The molecular formula is C52H74CaO8S2. The van der Waals surface area contributed by atoms with Crippen molar-refractivity contribution < 1.29 is 35.4 Å². The first-order chi connectivity index (χ1) is 29.9. The van der Waals surface area contributed by atoms with Crippen LogP contribution in [0.3, 0.4) is 0 Å². The van der Waals surface area contributed by atoms with Crippen LogP contribution in [0.2, 0.25) is 0 Å². The minimum atomic E-state index is -4.62. The summed E-state index contributed by atoms with van der Waals surface area (Å²) in [5.74, 6) is 1.26. The monoisotopic (exact) mass is 930 g/mol. The van der Waals surface area contributed by atoms with Gasteiger partial charge in [0, 0.05) is 0 Å². The van der Waals surface area contributed by atoms with Gasteiger partial charge in [-0.1, -0.05) is 167 Å². The molecule has 4 aromatic carbocycles. The Bertz CT molecular complexity index is 1900. The topological polar surface area (TPSA) is 133 Å². The molecule has 0 saturated carbocycles. The Morgan fingerprint density at radius 2 is 0.619 bits per heavy atom. The van der Waals surface area contributed by atoms with Gasteiger partial charge in [0.1, 0.15) is 43.2 Å². The Balaban J connectivity index is 0.000000427. The van der Waals surface area contributed by atoms with Gasteiger partial charge in [-0.25, -0.2) is 16.8 Å². The number of rotatable bonds is 30. The summed E-state index contributed by atoms with van der Waals surface area (Å²) in [6.07, 6.45) is 27.3. The summed E-state index contributed by atoms with van der Waals surface area (Å²) in [5, 5.41) is 0. The second-order valence-corrected chi connectivity index (χ2v) is 19.3. The quantitative estimate of drug-likeness (QED) is 0.0287. The Labute approximate surface area is 411 Å². The summed E-state index contributed by atoms with van der Waals surface area (Å²) in [6, 6.07) is 25.2. The van der Waals surface area contributed by atoms with Gasteiger partial charge in [0.05, 0.1) is 9.79 Å². The summed E-state index contributed by atoms with van der Waals surface area (Å²) in [6.45, 7) is 8.77. The van der Waals surface area contributed by atoms with Crippen molar-refractivity contribution >= 4 is 58.0 Å². The Hall–Kier alpha value is -2.44. The fraction of sp³-hybridized carbons (Fsp3) is 0.538. The first-order valence-electron chi connectivity index (χ1n) is 23.6. The predicted octanol–water partition coefficient (Wildman–Crippen LogP) is 14.4. The van der Waals surface area contributed by atoms with Crippen LogP contribution in [0.5, 0.6) is 23.0 Å². The average molecular weight is 931 g/mol. The third kappa shape index (κ3) is 23.5. The maximum absolute atomic E-state index is 11.8. The fourth-order valence-electron chi connectivity index (χ4n) is 7.41. The molecule has 0 atom stereocenters. The van der Waals surface area contributed by atoms with Crippen molar-refractivity contribution in [3.05, 3.63) is 107 Å². The molecule has 0 aromatic heterocycles. The molecule has 4 aromatic rings. The molecule has 0 aliphatic heterocycles. The molecule has 344 valence electrons. The van der Waals surface area contributed by atoms with E-state index < -0.39 is 20.2 Å². The van der Waals surface area contributed by atoms with Crippen LogP contribution in [0, 0.1) is 0 Å². The zero-order chi connectivity index (χ0) is 45.1. The van der Waals surface area contributed by atoms with E-state index in [9.17, 15) is 25.9 Å². The molecule has 0 unspecified atom stereocenters. The summed E-state index contributed by atoms with van der Waals surface area (Å²) in [4.78, 5) is -0.558. The molecule has 11 heteroatoms. The zero-order valence-electron chi connectivity index (χ0n) is 38.8. The van der Waals surface area contributed by atoms with E-state index in [0.29, 0.717) is 11.5 Å². The molecule has 8 nitrogen and oxygen atoms in total. The molecule has 4 rings (SSSR count). The molecular weight excluding hydrogens is 857 g/mol. The van der Waals surface area contributed by atoms with Gasteiger partial charge in [0.15, 0.2) is 0 Å². The van der Waals surface area contributed by atoms with E-state index in [0.717, 1.165) is 62.5 Å². The second kappa shape index (κ2) is 32.3. The van der Waals surface area contributed by atoms with Crippen LogP contribution in [0.15, 0.2) is 94.7 Å². The Morgan fingerprint density at radius 3 is 0.889 bits per heavy atom. The summed E-state index contributed by atoms with van der Waals surface area (Å²) < 4.78 is 82.5. The molecule has 0 fully saturated rings. The molecule has 0 heterocycles. The van der Waals surface area contributed by atoms with Crippen LogP contribution < -0.4 is 9.47 Å². The number of ether oxygens (including phenoxy) is 2. The third-order valence-electron chi connectivity index (χ3n) is 11.1. The molecule has 0 radical (unpaired) electrons. The zero-order valence-corrected chi connectivity index (χ0v) is 42.7. The van der Waals surface area contributed by atoms with E-state index in [1.807, 2.05) is 60.7 Å². The van der Waals surface area contributed by atoms with Gasteiger partial charge in [-0.2, -0.15) is 0 Å². The van der Waals surface area contributed by atoms with Gasteiger partial charge in [-0.05, 0) is 122 Å². The molecule has 0 aliphatic rings. The Kier molecular flexibility index (Phi) is 29.0. The first-order valence-corrected chi connectivity index (χ1v) is 26.4. The number of benzene rings is 4. The van der Waals surface area contributed by atoms with Crippen LogP contribution >= 0.6 is 0 Å². The molecule has 0 N–H and O–H groups in total. The minimum Gasteiger partial charge on any atom is -0.744 e. The number of hydrogen-bond donors (Lipinski definition) is 0. The fourth-order valence-corrected chi connectivity index (χ4v) is 8.71. The predicted molar refractivity (Wildman–Crippen MR) is 257 cm³/mol. The van der Waals surface area contributed by atoms with Crippen LogP contribution in [0.25, 0.3) is 0 Å². The Morgan fingerprint density at radius 1 is 0.365 bits per heavy atom. The van der Waals surface area contributed by atoms with Crippen molar-refractivity contribution in [2.24, 2.45) is 0 Å². The normalized spacial score (nSPS) is 11.4. The van der Waals surface area contributed by atoms with Crippen molar-refractivity contribution in [2.75, 3.05) is 0 Å². The summed E-state index contributed by atoms with van der Waals surface area (Å²) >= 11 is 0. The van der Waals surface area contributed by atoms with Crippen molar-refractivity contribution in [1.29, 1.82) is 0 Å². The van der Waals surface area contributed by atoms with Crippen LogP contribution in [0.1, 0.15) is 178 Å². The van der Waals surface area contributed by atoms with Gasteiger partial charge in [-0.15, -0.1) is 0 Å². The molecule has 0 spiro atoms. The molecule has 0 amide bonds. The maximum Gasteiger partial charge on any atom is 2.00 e. The van der Waals surface area contributed by atoms with Gasteiger partial charge < -0.3 is 18.6 Å². The van der Waals surface area contributed by atoms with Gasteiger partial charge in [-0.3, -0.25) is 0 Å². The van der Waals surface area contributed by atoms with Crippen LogP contribution in [-0.2, 0) is 45.9 Å². The van der Waals surface area contributed by atoms with E-state index in [2.05, 4.69) is 27.7 Å². The van der Waals surface area contributed by atoms with Gasteiger partial charge >= 0.3 is 37.7 Å². The van der Waals surface area contributed by atoms with Crippen molar-refractivity contribution in [3.8, 4) is 23.0 Å². The van der Waals surface area contributed by atoms with Crippen molar-refractivity contribution in [3.63, 3.8) is 0 Å². The summed E-state index contributed by atoms with van der Waals surface area (Å²) in [7, 11) is -9.24. The molecule has 0 bridgehead atoms. The number of hydrogen-bond acceptors (Lipinski definition) is 8. The van der Waals surface area contributed by atoms with E-state index in [-0.39, 0.29) is 59.0 Å². The SMILES string of the molecule is CCCCCCCc1ccc(Oc2ccc(CCCCCCC)cc2S(=O)(=O)[O-])cc1.CCCCCCCc1ccc(Oc2ccc(CCCCCCC)cc2S(=O)(=O)[O-])cc1.[Ca+2]. The average Bonchev–Trinajstić information content (AvgIpc) is 3.25. The van der Waals surface area contributed by atoms with Crippen LogP contribution in [0.4, 0.5) is 0 Å². The second-order valence-electron chi connectivity index (χ2n) is 16.6. The standard InChI is InChI=1S/2C26H38O4S.Ca/c2*1-3-5-7-9-11-13-22-15-18-24(19-16-22)30-25-20-17-23(14-12-10-8-6-4-2)21-26(25)31(27,28)29;/h2*15-21H,3-14H2,1-2H3,(H,27,28,29);/q;;+2/p-2. The molecule has 0 saturated heterocycles. The maximum atomic E-state index is 11.8. The first kappa shape index (κ1) is 56.7. The van der Waals surface area contributed by atoms with E-state index in [1.54, 1.807) is 12.1 Å². The number of aryl methyl sites for hydroxylation is 4. The van der Waals surface area contributed by atoms with Gasteiger partial charge in [0.25, 0.3) is 0 Å². The van der Waals surface area contributed by atoms with E-state index in [4.69, 9.17) is 9.47 Å². The molecule has 0 aliphatic carbocycles. The van der Waals surface area contributed by atoms with Crippen molar-refractivity contribution in [1.82, 2.24) is 0 Å². The van der Waals surface area contributed by atoms with Crippen molar-refractivity contribution in [2.45, 2.75) is 192 Å². The van der Waals surface area contributed by atoms with E-state index >= 15 is 0 Å². The summed E-state index contributed by atoms with van der Waals surface area (Å²) in [5.41, 5.74) is 4.19. The third-order valence-corrected chi connectivity index (χ3v) is 12.8.